The van der Waals surface area contributed by atoms with Crippen molar-refractivity contribution in [1.82, 2.24) is 0 Å². The summed E-state index contributed by atoms with van der Waals surface area (Å²) in [5.41, 5.74) is 0. The zero-order valence-electron chi connectivity index (χ0n) is 10.3. The number of carboxylic acid groups (broad SMARTS) is 1. The van der Waals surface area contributed by atoms with E-state index < -0.39 is 18.4 Å². The Hall–Kier alpha value is -0.0600. The first kappa shape index (κ1) is 18.3. The maximum atomic E-state index is 10.7. The van der Waals surface area contributed by atoms with Crippen LogP contribution in [-0.2, 0) is 14.3 Å². The predicted octanol–water partition coefficient (Wildman–Crippen LogP) is -1.97. The summed E-state index contributed by atoms with van der Waals surface area (Å²) in [4.78, 5) is 20.8. The van der Waals surface area contributed by atoms with E-state index in [0.717, 1.165) is 19.3 Å². The zero-order valence-corrected chi connectivity index (χ0v) is 12.3. The van der Waals surface area contributed by atoms with Gasteiger partial charge in [-0.2, -0.15) is 0 Å². The molecule has 88 valence electrons. The molecule has 0 saturated heterocycles. The Kier molecular flexibility index (Phi) is 14.9. The number of esters is 1. The average Bonchev–Trinajstić information content (AvgIpc) is 2.15. The third-order valence-corrected chi connectivity index (χ3v) is 2.05. The Morgan fingerprint density at radius 1 is 1.06 bits per heavy atom. The van der Waals surface area contributed by atoms with E-state index in [1.54, 1.807) is 0 Å². The number of unbranched alkanes of at least 4 members (excludes halogenated alkanes) is 5. The molecule has 16 heavy (non-hydrogen) atoms. The third-order valence-electron chi connectivity index (χ3n) is 2.05. The summed E-state index contributed by atoms with van der Waals surface area (Å²) >= 11 is 0. The number of ether oxygens (including phenoxy) is 1. The summed E-state index contributed by atoms with van der Waals surface area (Å²) < 4.78 is 4.70. The van der Waals surface area contributed by atoms with Crippen LogP contribution in [0.5, 0.6) is 0 Å². The van der Waals surface area contributed by atoms with Crippen LogP contribution < -0.4 is 34.7 Å². The van der Waals surface area contributed by atoms with Crippen molar-refractivity contribution in [3.63, 3.8) is 0 Å². The second kappa shape index (κ2) is 13.0. The first-order valence-electron chi connectivity index (χ1n) is 5.52. The second-order valence-corrected chi connectivity index (χ2v) is 3.54. The fourth-order valence-electron chi connectivity index (χ4n) is 1.24. The number of carbonyl (C=O) groups is 2. The molecular formula is C11H19NaO4. The fourth-order valence-corrected chi connectivity index (χ4v) is 1.24. The molecule has 0 unspecified atom stereocenters. The van der Waals surface area contributed by atoms with Gasteiger partial charge in [0.1, 0.15) is 0 Å². The van der Waals surface area contributed by atoms with E-state index in [4.69, 9.17) is 4.74 Å². The molecule has 0 aliphatic carbocycles. The Morgan fingerprint density at radius 2 is 1.62 bits per heavy atom. The Balaban J connectivity index is 0. The first-order valence-corrected chi connectivity index (χ1v) is 5.52. The van der Waals surface area contributed by atoms with E-state index >= 15 is 0 Å². The summed E-state index contributed by atoms with van der Waals surface area (Å²) in [5, 5.41) is 10.0. The molecule has 0 spiro atoms. The van der Waals surface area contributed by atoms with E-state index in [1.807, 2.05) is 0 Å². The third kappa shape index (κ3) is 13.9. The molecule has 0 rings (SSSR count). The van der Waals surface area contributed by atoms with Crippen molar-refractivity contribution < 1.29 is 49.0 Å². The second-order valence-electron chi connectivity index (χ2n) is 3.54. The van der Waals surface area contributed by atoms with Crippen LogP contribution in [0.4, 0.5) is 0 Å². The number of carboxylic acids is 1. The Labute approximate surface area is 119 Å². The van der Waals surface area contributed by atoms with Gasteiger partial charge in [0.15, 0.2) is 0 Å². The van der Waals surface area contributed by atoms with Gasteiger partial charge in [-0.25, -0.2) is 0 Å². The minimum absolute atomic E-state index is 0. The molecule has 0 heterocycles. The molecule has 0 aliphatic rings. The molecule has 0 atom stereocenters. The van der Waals surface area contributed by atoms with E-state index in [0.29, 0.717) is 6.61 Å². The number of carbonyl (C=O) groups excluding carboxylic acids is 2. The zero-order chi connectivity index (χ0) is 11.5. The summed E-state index contributed by atoms with van der Waals surface area (Å²) in [6.07, 6.45) is 6.00. The molecule has 0 radical (unpaired) electrons. The van der Waals surface area contributed by atoms with Gasteiger partial charge in [0.05, 0.1) is 19.0 Å². The molecule has 5 heteroatoms. The van der Waals surface area contributed by atoms with Gasteiger partial charge in [0, 0.05) is 0 Å². The average molecular weight is 238 g/mol. The van der Waals surface area contributed by atoms with Gasteiger partial charge in [-0.1, -0.05) is 39.0 Å². The van der Waals surface area contributed by atoms with Crippen molar-refractivity contribution in [2.24, 2.45) is 0 Å². The van der Waals surface area contributed by atoms with Gasteiger partial charge in [-0.15, -0.1) is 0 Å². The number of rotatable bonds is 9. The van der Waals surface area contributed by atoms with Gasteiger partial charge in [0.25, 0.3) is 0 Å². The standard InChI is InChI=1S/C11H20O4.Na/c1-2-3-4-5-6-7-8-15-11(14)9-10(12)13;/h2-9H2,1H3,(H,12,13);/q;+1/p-1. The van der Waals surface area contributed by atoms with Crippen molar-refractivity contribution >= 4 is 11.9 Å². The van der Waals surface area contributed by atoms with Gasteiger partial charge in [0.2, 0.25) is 0 Å². The number of aliphatic carboxylic acids is 1. The molecule has 0 amide bonds. The van der Waals surface area contributed by atoms with Crippen molar-refractivity contribution in [3.05, 3.63) is 0 Å². The summed E-state index contributed by atoms with van der Waals surface area (Å²) in [6.45, 7) is 2.47. The van der Waals surface area contributed by atoms with Crippen molar-refractivity contribution in [2.75, 3.05) is 6.61 Å². The molecule has 0 fully saturated rings. The number of hydrogen-bond donors (Lipinski definition) is 0. The fraction of sp³-hybridized carbons (Fsp3) is 0.818. The van der Waals surface area contributed by atoms with Crippen LogP contribution in [0.25, 0.3) is 0 Å². The molecule has 0 aromatic rings. The van der Waals surface area contributed by atoms with Crippen LogP contribution in [0.2, 0.25) is 0 Å². The molecule has 0 saturated carbocycles. The number of hydrogen-bond acceptors (Lipinski definition) is 4. The summed E-state index contributed by atoms with van der Waals surface area (Å²) in [5.74, 6) is -2.09. The van der Waals surface area contributed by atoms with Crippen LogP contribution in [0.1, 0.15) is 51.9 Å². The van der Waals surface area contributed by atoms with Gasteiger partial charge >= 0.3 is 35.5 Å². The first-order chi connectivity index (χ1) is 7.16. The molecule has 4 nitrogen and oxygen atoms in total. The topological polar surface area (TPSA) is 66.4 Å². The van der Waals surface area contributed by atoms with Crippen molar-refractivity contribution in [2.45, 2.75) is 51.9 Å². The smallest absolute Gasteiger partial charge is 0.550 e. The summed E-state index contributed by atoms with van der Waals surface area (Å²) in [7, 11) is 0. The van der Waals surface area contributed by atoms with Crippen LogP contribution in [-0.4, -0.2) is 18.5 Å². The van der Waals surface area contributed by atoms with E-state index in [2.05, 4.69) is 6.92 Å². The maximum Gasteiger partial charge on any atom is 1.00 e. The quantitative estimate of drug-likeness (QED) is 0.202. The van der Waals surface area contributed by atoms with E-state index in [9.17, 15) is 14.7 Å². The maximum absolute atomic E-state index is 10.7. The molecule has 0 aromatic carbocycles. The minimum Gasteiger partial charge on any atom is -0.550 e. The van der Waals surface area contributed by atoms with Crippen LogP contribution in [0.3, 0.4) is 0 Å². The van der Waals surface area contributed by atoms with Crippen LogP contribution in [0.15, 0.2) is 0 Å². The van der Waals surface area contributed by atoms with Crippen LogP contribution in [0, 0.1) is 0 Å². The van der Waals surface area contributed by atoms with E-state index in [1.165, 1.54) is 19.3 Å². The predicted molar refractivity (Wildman–Crippen MR) is 54.0 cm³/mol. The Morgan fingerprint density at radius 3 is 2.19 bits per heavy atom. The largest absolute Gasteiger partial charge is 1.00 e. The molecule has 0 N–H and O–H groups in total. The summed E-state index contributed by atoms with van der Waals surface area (Å²) in [6, 6.07) is 0. The minimum atomic E-state index is -1.39. The molecular weight excluding hydrogens is 219 g/mol. The monoisotopic (exact) mass is 238 g/mol. The molecule has 0 bridgehead atoms. The van der Waals surface area contributed by atoms with Crippen LogP contribution >= 0.6 is 0 Å². The normalized spacial score (nSPS) is 9.31. The van der Waals surface area contributed by atoms with Crippen molar-refractivity contribution in [1.29, 1.82) is 0 Å². The SMILES string of the molecule is CCCCCCCCOC(=O)CC(=O)[O-].[Na+]. The van der Waals surface area contributed by atoms with Gasteiger partial charge < -0.3 is 14.6 Å². The molecule has 0 aromatic heterocycles. The van der Waals surface area contributed by atoms with Gasteiger partial charge in [-0.05, 0) is 6.42 Å². The van der Waals surface area contributed by atoms with Crippen molar-refractivity contribution in [3.8, 4) is 0 Å². The Bertz CT molecular complexity index is 194. The van der Waals surface area contributed by atoms with E-state index in [-0.39, 0.29) is 29.6 Å². The van der Waals surface area contributed by atoms with Gasteiger partial charge in [-0.3, -0.25) is 4.79 Å². The molecule has 0 aliphatic heterocycles.